The molecule has 30 heavy (non-hydrogen) atoms. The number of H-pyrrole nitrogens is 1. The van der Waals surface area contributed by atoms with E-state index in [2.05, 4.69) is 20.2 Å². The van der Waals surface area contributed by atoms with E-state index in [1.165, 1.54) is 0 Å². The van der Waals surface area contributed by atoms with Gasteiger partial charge in [-0.25, -0.2) is 4.98 Å². The number of anilines is 1. The van der Waals surface area contributed by atoms with E-state index in [1.807, 2.05) is 60.4 Å². The number of nitrogen functional groups attached to an aromatic ring is 1. The quantitative estimate of drug-likeness (QED) is 0.476. The van der Waals surface area contributed by atoms with Gasteiger partial charge < -0.3 is 24.8 Å². The van der Waals surface area contributed by atoms with Crippen molar-refractivity contribution in [1.29, 1.82) is 0 Å². The van der Waals surface area contributed by atoms with Crippen LogP contribution in [0.5, 0.6) is 11.5 Å². The Morgan fingerprint density at radius 1 is 0.900 bits per heavy atom. The molecule has 5 rings (SSSR count). The van der Waals surface area contributed by atoms with E-state index < -0.39 is 0 Å². The summed E-state index contributed by atoms with van der Waals surface area (Å²) in [5.41, 5.74) is 11.0. The largest absolute Gasteiger partial charge is 0.497 e. The molecule has 8 heteroatoms. The molecule has 8 nitrogen and oxygen atoms in total. The summed E-state index contributed by atoms with van der Waals surface area (Å²) >= 11 is 0. The minimum Gasteiger partial charge on any atom is -0.497 e. The Kier molecular flexibility index (Phi) is 4.06. The first-order valence-corrected chi connectivity index (χ1v) is 9.38. The maximum Gasteiger partial charge on any atom is 0.240 e. The molecule has 0 spiro atoms. The maximum atomic E-state index is 5.94. The van der Waals surface area contributed by atoms with Crippen LogP contribution in [0.15, 0.2) is 48.8 Å². The number of hydrogen-bond donors (Lipinski definition) is 2. The summed E-state index contributed by atoms with van der Waals surface area (Å²) in [7, 11) is 5.29. The van der Waals surface area contributed by atoms with Crippen LogP contribution in [0.4, 0.5) is 5.95 Å². The molecule has 5 aromatic rings. The summed E-state index contributed by atoms with van der Waals surface area (Å²) in [4.78, 5) is 7.86. The van der Waals surface area contributed by atoms with Gasteiger partial charge in [0.15, 0.2) is 0 Å². The maximum absolute atomic E-state index is 5.94. The zero-order chi connectivity index (χ0) is 20.8. The monoisotopic (exact) mass is 400 g/mol. The fourth-order valence-corrected chi connectivity index (χ4v) is 3.82. The van der Waals surface area contributed by atoms with Gasteiger partial charge in [-0.05, 0) is 36.4 Å². The number of methoxy groups -OCH3 is 2. The molecule has 0 saturated heterocycles. The lowest BCUT2D eigenvalue weighted by molar-refractivity contribution is 0.415. The zero-order valence-corrected chi connectivity index (χ0v) is 16.8. The Labute approximate surface area is 172 Å². The van der Waals surface area contributed by atoms with Crippen LogP contribution in [-0.2, 0) is 7.05 Å². The van der Waals surface area contributed by atoms with Gasteiger partial charge in [0, 0.05) is 52.4 Å². The van der Waals surface area contributed by atoms with Crippen LogP contribution in [0.3, 0.4) is 0 Å². The van der Waals surface area contributed by atoms with Gasteiger partial charge >= 0.3 is 0 Å². The summed E-state index contributed by atoms with van der Waals surface area (Å²) in [6.45, 7) is 0. The number of rotatable bonds is 4. The highest BCUT2D eigenvalue weighted by molar-refractivity contribution is 6.03. The summed E-state index contributed by atoms with van der Waals surface area (Å²) in [6, 6.07) is 11.8. The predicted octanol–water partition coefficient (Wildman–Crippen LogP) is 3.78. The van der Waals surface area contributed by atoms with Gasteiger partial charge in [0.1, 0.15) is 22.9 Å². The molecule has 0 unspecified atom stereocenters. The second-order valence-corrected chi connectivity index (χ2v) is 7.02. The number of benzene rings is 2. The fourth-order valence-electron chi connectivity index (χ4n) is 3.82. The van der Waals surface area contributed by atoms with Crippen molar-refractivity contribution in [2.24, 2.45) is 7.05 Å². The minimum absolute atomic E-state index is 0.117. The molecule has 0 aliphatic rings. The third kappa shape index (κ3) is 2.73. The van der Waals surface area contributed by atoms with Crippen molar-refractivity contribution in [2.45, 2.75) is 0 Å². The molecule has 3 heterocycles. The number of nitrogens with two attached hydrogens (primary N) is 1. The summed E-state index contributed by atoms with van der Waals surface area (Å²) < 4.78 is 12.9. The summed E-state index contributed by atoms with van der Waals surface area (Å²) in [5.74, 6) is 1.64. The topological polar surface area (TPSA) is 104 Å². The van der Waals surface area contributed by atoms with Gasteiger partial charge in [-0.2, -0.15) is 0 Å². The van der Waals surface area contributed by atoms with E-state index >= 15 is 0 Å². The van der Waals surface area contributed by atoms with Crippen molar-refractivity contribution in [2.75, 3.05) is 20.0 Å². The molecule has 150 valence electrons. The Hall–Kier alpha value is -4.07. The number of nitrogens with zero attached hydrogens (tertiary/aromatic N) is 4. The predicted molar refractivity (Wildman–Crippen MR) is 117 cm³/mol. The lowest BCUT2D eigenvalue weighted by atomic mass is 10.0. The molecule has 0 aliphatic carbocycles. The van der Waals surface area contributed by atoms with Crippen molar-refractivity contribution in [3.63, 3.8) is 0 Å². The number of ether oxygens (including phenoxy) is 2. The van der Waals surface area contributed by atoms with Crippen LogP contribution in [0.25, 0.3) is 44.3 Å². The molecule has 3 aromatic heterocycles. The summed E-state index contributed by atoms with van der Waals surface area (Å²) in [5, 5.41) is 10.4. The van der Waals surface area contributed by atoms with Crippen molar-refractivity contribution >= 4 is 27.8 Å². The van der Waals surface area contributed by atoms with Crippen LogP contribution in [0, 0.1) is 0 Å². The Morgan fingerprint density at radius 3 is 2.40 bits per heavy atom. The highest BCUT2D eigenvalue weighted by atomic mass is 16.5. The van der Waals surface area contributed by atoms with Crippen molar-refractivity contribution in [1.82, 2.24) is 24.7 Å². The molecule has 0 bridgehead atoms. The zero-order valence-electron chi connectivity index (χ0n) is 16.8. The molecule has 0 atom stereocenters. The third-order valence-corrected chi connectivity index (χ3v) is 5.30. The molecule has 2 aromatic carbocycles. The molecular formula is C22H20N6O2. The van der Waals surface area contributed by atoms with Crippen molar-refractivity contribution in [3.8, 4) is 34.0 Å². The smallest absolute Gasteiger partial charge is 0.240 e. The molecule has 0 fully saturated rings. The average Bonchev–Trinajstić information content (AvgIpc) is 3.34. The van der Waals surface area contributed by atoms with Gasteiger partial charge in [0.25, 0.3) is 0 Å². The molecule has 0 aliphatic heterocycles. The van der Waals surface area contributed by atoms with Gasteiger partial charge in [-0.15, -0.1) is 10.2 Å². The molecule has 0 radical (unpaired) electrons. The van der Waals surface area contributed by atoms with Gasteiger partial charge in [0.2, 0.25) is 5.95 Å². The van der Waals surface area contributed by atoms with E-state index in [0.29, 0.717) is 11.4 Å². The highest BCUT2D eigenvalue weighted by Crippen LogP contribution is 2.39. The average molecular weight is 400 g/mol. The number of aryl methyl sites for hydroxylation is 1. The van der Waals surface area contributed by atoms with Crippen LogP contribution >= 0.6 is 0 Å². The van der Waals surface area contributed by atoms with E-state index in [9.17, 15) is 0 Å². The second-order valence-electron chi connectivity index (χ2n) is 7.02. The Balaban J connectivity index is 1.80. The van der Waals surface area contributed by atoms with Crippen LogP contribution < -0.4 is 15.2 Å². The molecule has 0 amide bonds. The van der Waals surface area contributed by atoms with Gasteiger partial charge in [-0.1, -0.05) is 0 Å². The van der Waals surface area contributed by atoms with Crippen LogP contribution in [0.2, 0.25) is 0 Å². The number of aromatic amines is 1. The summed E-state index contributed by atoms with van der Waals surface area (Å²) in [6.07, 6.45) is 3.92. The lowest BCUT2D eigenvalue weighted by Crippen LogP contribution is -2.02. The SMILES string of the molecule is COc1ccc2[nH]cc(-c3nnc(N)nc3-c3cn(C)c4ccc(OC)cc34)c2c1. The Bertz CT molecular complexity index is 1400. The highest BCUT2D eigenvalue weighted by Gasteiger charge is 2.20. The van der Waals surface area contributed by atoms with Crippen LogP contribution in [0.1, 0.15) is 0 Å². The van der Waals surface area contributed by atoms with Gasteiger partial charge in [0.05, 0.1) is 14.2 Å². The number of fused-ring (bicyclic) bond motifs is 2. The first-order valence-electron chi connectivity index (χ1n) is 9.38. The van der Waals surface area contributed by atoms with Crippen molar-refractivity contribution < 1.29 is 9.47 Å². The van der Waals surface area contributed by atoms with E-state index in [4.69, 9.17) is 15.2 Å². The molecular weight excluding hydrogens is 380 g/mol. The number of nitrogens with one attached hydrogen (secondary N) is 1. The lowest BCUT2D eigenvalue weighted by Gasteiger charge is -2.08. The molecule has 3 N–H and O–H groups in total. The van der Waals surface area contributed by atoms with E-state index in [0.717, 1.165) is 44.4 Å². The van der Waals surface area contributed by atoms with Crippen LogP contribution in [-0.4, -0.2) is 39.0 Å². The minimum atomic E-state index is 0.117. The Morgan fingerprint density at radius 2 is 1.63 bits per heavy atom. The standard InChI is InChI=1S/C22H20N6O2/c1-28-11-17(15-9-13(30-3)5-7-19(15)28)20-21(26-27-22(23)25-20)16-10-24-18-6-4-12(29-2)8-14(16)18/h4-11,24H,1-3H3,(H2,23,25,27). The van der Waals surface area contributed by atoms with Gasteiger partial charge in [-0.3, -0.25) is 0 Å². The van der Waals surface area contributed by atoms with Crippen molar-refractivity contribution in [3.05, 3.63) is 48.8 Å². The second kappa shape index (κ2) is 6.77. The normalized spacial score (nSPS) is 11.3. The third-order valence-electron chi connectivity index (χ3n) is 5.30. The van der Waals surface area contributed by atoms with E-state index in [-0.39, 0.29) is 5.95 Å². The number of aromatic nitrogens is 5. The molecule has 0 saturated carbocycles. The fraction of sp³-hybridized carbons (Fsp3) is 0.136. The first-order chi connectivity index (χ1) is 14.6. The van der Waals surface area contributed by atoms with E-state index in [1.54, 1.807) is 14.2 Å². The first kappa shape index (κ1) is 18.0. The number of hydrogen-bond acceptors (Lipinski definition) is 6.